The summed E-state index contributed by atoms with van der Waals surface area (Å²) in [4.78, 5) is 3.24. The molecular weight excluding hydrogens is 188 g/mol. The van der Waals surface area contributed by atoms with Gasteiger partial charge in [-0.1, -0.05) is 12.1 Å². The van der Waals surface area contributed by atoms with Crippen molar-refractivity contribution in [3.05, 3.63) is 35.5 Å². The quantitative estimate of drug-likeness (QED) is 0.739. The van der Waals surface area contributed by atoms with Gasteiger partial charge in [-0.25, -0.2) is 4.98 Å². The monoisotopic (exact) mass is 203 g/mol. The third-order valence-corrected chi connectivity index (χ3v) is 2.65. The molecule has 0 aliphatic rings. The van der Waals surface area contributed by atoms with Crippen LogP contribution in [0, 0.1) is 6.92 Å². The number of hydrogen-bond acceptors (Lipinski definition) is 2. The van der Waals surface area contributed by atoms with E-state index < -0.39 is 6.10 Å². The highest BCUT2D eigenvalue weighted by molar-refractivity contribution is 5.89. The Balaban J connectivity index is 2.84. The Labute approximate surface area is 88.6 Å². The molecule has 1 aromatic carbocycles. The zero-order valence-electron chi connectivity index (χ0n) is 8.91. The van der Waals surface area contributed by atoms with E-state index in [1.165, 1.54) is 0 Å². The first-order chi connectivity index (χ1) is 7.11. The molecule has 3 heteroatoms. The molecule has 3 nitrogen and oxygen atoms in total. The molecule has 0 bridgehead atoms. The highest BCUT2D eigenvalue weighted by Crippen LogP contribution is 2.27. The molecule has 0 saturated carbocycles. The van der Waals surface area contributed by atoms with Crippen LogP contribution < -0.4 is 10.7 Å². The largest absolute Gasteiger partial charge is 0.398 e. The standard InChI is InChI=1S/C12H14N2O/c1-7-11(8(2)15)12(13)9-5-3-4-6-10(9)14-7/h3-6,8,15H,1-2H3,(H2,13,14)/p+1/t8-/m0/s1. The van der Waals surface area contributed by atoms with Crippen molar-refractivity contribution in [3.8, 4) is 0 Å². The molecule has 0 aliphatic carbocycles. The van der Waals surface area contributed by atoms with Crippen molar-refractivity contribution in [2.75, 3.05) is 5.73 Å². The van der Waals surface area contributed by atoms with Gasteiger partial charge >= 0.3 is 0 Å². The van der Waals surface area contributed by atoms with Crippen LogP contribution in [-0.4, -0.2) is 5.11 Å². The van der Waals surface area contributed by atoms with Gasteiger partial charge in [-0.05, 0) is 13.0 Å². The molecule has 2 aromatic rings. The minimum Gasteiger partial charge on any atom is -0.398 e. The summed E-state index contributed by atoms with van der Waals surface area (Å²) in [5.41, 5.74) is 9.41. The van der Waals surface area contributed by atoms with E-state index in [4.69, 9.17) is 5.73 Å². The lowest BCUT2D eigenvalue weighted by molar-refractivity contribution is -0.356. The molecule has 0 fully saturated rings. The summed E-state index contributed by atoms with van der Waals surface area (Å²) < 4.78 is 0. The Hall–Kier alpha value is -1.61. The summed E-state index contributed by atoms with van der Waals surface area (Å²) in [5.74, 6) is 0. The van der Waals surface area contributed by atoms with Gasteiger partial charge in [0.1, 0.15) is 0 Å². The number of benzene rings is 1. The lowest BCUT2D eigenvalue weighted by atomic mass is 10.0. The normalized spacial score (nSPS) is 13.0. The maximum absolute atomic E-state index is 9.64. The molecule has 0 radical (unpaired) electrons. The Bertz CT molecular complexity index is 506. The van der Waals surface area contributed by atoms with Gasteiger partial charge in [0.15, 0.2) is 5.69 Å². The molecule has 0 saturated heterocycles. The van der Waals surface area contributed by atoms with Crippen LogP contribution in [-0.2, 0) is 0 Å². The first-order valence-corrected chi connectivity index (χ1v) is 4.99. The van der Waals surface area contributed by atoms with Gasteiger partial charge in [-0.2, -0.15) is 0 Å². The Morgan fingerprint density at radius 3 is 2.67 bits per heavy atom. The number of para-hydroxylation sites is 1. The van der Waals surface area contributed by atoms with E-state index in [1.807, 2.05) is 31.2 Å². The van der Waals surface area contributed by atoms with Crippen LogP contribution in [0.1, 0.15) is 24.3 Å². The van der Waals surface area contributed by atoms with Crippen molar-refractivity contribution < 1.29 is 10.1 Å². The highest BCUT2D eigenvalue weighted by Gasteiger charge is 2.18. The molecule has 1 atom stereocenters. The average molecular weight is 203 g/mol. The van der Waals surface area contributed by atoms with Gasteiger partial charge in [-0.15, -0.1) is 0 Å². The molecule has 15 heavy (non-hydrogen) atoms. The molecule has 0 spiro atoms. The van der Waals surface area contributed by atoms with Gasteiger partial charge in [0.25, 0.3) is 0 Å². The number of anilines is 1. The maximum atomic E-state index is 9.64. The van der Waals surface area contributed by atoms with E-state index in [0.29, 0.717) is 5.69 Å². The molecule has 0 unspecified atom stereocenters. The first kappa shape index (κ1) is 9.93. The summed E-state index contributed by atoms with van der Waals surface area (Å²) in [6.45, 7) is 3.64. The van der Waals surface area contributed by atoms with Crippen molar-refractivity contribution in [2.45, 2.75) is 20.0 Å². The Morgan fingerprint density at radius 1 is 1.33 bits per heavy atom. The topological polar surface area (TPSA) is 60.4 Å². The third-order valence-electron chi connectivity index (χ3n) is 2.65. The number of aryl methyl sites for hydroxylation is 1. The summed E-state index contributed by atoms with van der Waals surface area (Å²) in [6, 6.07) is 7.82. The molecular formula is C12H15N2O+. The Kier molecular flexibility index (Phi) is 2.32. The number of rotatable bonds is 1. The van der Waals surface area contributed by atoms with E-state index in [-0.39, 0.29) is 0 Å². The van der Waals surface area contributed by atoms with E-state index in [1.54, 1.807) is 6.92 Å². The van der Waals surface area contributed by atoms with Crippen molar-refractivity contribution in [1.29, 1.82) is 0 Å². The fourth-order valence-corrected chi connectivity index (χ4v) is 1.98. The van der Waals surface area contributed by atoms with Crippen LogP contribution >= 0.6 is 0 Å². The minimum absolute atomic E-state index is 0.550. The zero-order chi connectivity index (χ0) is 11.0. The number of pyridine rings is 1. The third kappa shape index (κ3) is 1.55. The SMILES string of the molecule is Cc1[nH+]c2ccccc2c(N)c1[C@H](C)O. The second-order valence-electron chi connectivity index (χ2n) is 3.80. The number of nitrogen functional groups attached to an aromatic ring is 1. The first-order valence-electron chi connectivity index (χ1n) is 4.99. The number of aromatic nitrogens is 1. The summed E-state index contributed by atoms with van der Waals surface area (Å²) in [7, 11) is 0. The second kappa shape index (κ2) is 3.51. The second-order valence-corrected chi connectivity index (χ2v) is 3.80. The lowest BCUT2D eigenvalue weighted by Gasteiger charge is -2.09. The number of aliphatic hydroxyl groups is 1. The summed E-state index contributed by atoms with van der Waals surface area (Å²) in [6.07, 6.45) is -0.550. The average Bonchev–Trinajstić information content (AvgIpc) is 2.17. The zero-order valence-corrected chi connectivity index (χ0v) is 8.91. The maximum Gasteiger partial charge on any atom is 0.213 e. The predicted molar refractivity (Wildman–Crippen MR) is 60.3 cm³/mol. The van der Waals surface area contributed by atoms with Crippen molar-refractivity contribution in [3.63, 3.8) is 0 Å². The molecule has 1 aromatic heterocycles. The number of hydrogen-bond donors (Lipinski definition) is 2. The van der Waals surface area contributed by atoms with Crippen molar-refractivity contribution in [1.82, 2.24) is 0 Å². The Morgan fingerprint density at radius 2 is 2.00 bits per heavy atom. The fourth-order valence-electron chi connectivity index (χ4n) is 1.98. The van der Waals surface area contributed by atoms with Crippen LogP contribution in [0.2, 0.25) is 0 Å². The molecule has 0 aliphatic heterocycles. The highest BCUT2D eigenvalue weighted by atomic mass is 16.3. The van der Waals surface area contributed by atoms with Crippen molar-refractivity contribution >= 4 is 16.6 Å². The molecule has 0 amide bonds. The van der Waals surface area contributed by atoms with E-state index in [9.17, 15) is 5.11 Å². The van der Waals surface area contributed by atoms with E-state index in [2.05, 4.69) is 4.98 Å². The van der Waals surface area contributed by atoms with Gasteiger partial charge in [0, 0.05) is 13.0 Å². The number of H-pyrrole nitrogens is 1. The van der Waals surface area contributed by atoms with Crippen LogP contribution in [0.4, 0.5) is 5.69 Å². The van der Waals surface area contributed by atoms with Gasteiger partial charge < -0.3 is 10.8 Å². The van der Waals surface area contributed by atoms with Crippen LogP contribution in [0.15, 0.2) is 24.3 Å². The lowest BCUT2D eigenvalue weighted by Crippen LogP contribution is -2.16. The fraction of sp³-hybridized carbons (Fsp3) is 0.250. The smallest absolute Gasteiger partial charge is 0.213 e. The summed E-state index contributed by atoms with van der Waals surface area (Å²) >= 11 is 0. The number of fused-ring (bicyclic) bond motifs is 1. The van der Waals surface area contributed by atoms with Crippen LogP contribution in [0.25, 0.3) is 10.9 Å². The number of nitrogens with two attached hydrogens (primary N) is 1. The van der Waals surface area contributed by atoms with Gasteiger partial charge in [-0.3, -0.25) is 0 Å². The molecule has 2 rings (SSSR count). The van der Waals surface area contributed by atoms with Crippen LogP contribution in [0.5, 0.6) is 0 Å². The number of aliphatic hydroxyl groups excluding tert-OH is 1. The molecule has 1 heterocycles. The predicted octanol–water partition coefficient (Wildman–Crippen LogP) is 1.60. The van der Waals surface area contributed by atoms with Gasteiger partial charge in [0.2, 0.25) is 5.52 Å². The molecule has 4 N–H and O–H groups in total. The van der Waals surface area contributed by atoms with Crippen LogP contribution in [0.3, 0.4) is 0 Å². The van der Waals surface area contributed by atoms with Crippen molar-refractivity contribution in [2.24, 2.45) is 0 Å². The number of nitrogens with one attached hydrogen (secondary N) is 1. The van der Waals surface area contributed by atoms with E-state index >= 15 is 0 Å². The minimum atomic E-state index is -0.550. The summed E-state index contributed by atoms with van der Waals surface area (Å²) in [5, 5.41) is 10.6. The van der Waals surface area contributed by atoms with Gasteiger partial charge in [0.05, 0.1) is 22.7 Å². The molecule has 78 valence electrons. The van der Waals surface area contributed by atoms with E-state index in [0.717, 1.165) is 22.2 Å². The number of aromatic amines is 1.